The Hall–Kier alpha value is -1.82. The van der Waals surface area contributed by atoms with Gasteiger partial charge in [-0.05, 0) is 33.3 Å². The number of carbonyl (C=O) groups excluding carboxylic acids is 2. The Balaban J connectivity index is 1.56. The van der Waals surface area contributed by atoms with Crippen LogP contribution in [0.25, 0.3) is 0 Å². The van der Waals surface area contributed by atoms with E-state index >= 15 is 0 Å². The van der Waals surface area contributed by atoms with Gasteiger partial charge < -0.3 is 20.2 Å². The highest BCUT2D eigenvalue weighted by molar-refractivity contribution is 8.22. The third kappa shape index (κ3) is 4.36. The van der Waals surface area contributed by atoms with E-state index in [1.807, 2.05) is 44.2 Å². The number of carbonyl (C=O) groups is 3. The minimum Gasteiger partial charge on any atom is -0.480 e. The zero-order valence-electron chi connectivity index (χ0n) is 18.9. The van der Waals surface area contributed by atoms with E-state index in [1.165, 1.54) is 28.4 Å². The molecule has 11 heteroatoms. The van der Waals surface area contributed by atoms with Crippen LogP contribution in [0.15, 0.2) is 30.3 Å². The van der Waals surface area contributed by atoms with Crippen molar-refractivity contribution < 1.29 is 19.5 Å². The first-order valence-corrected chi connectivity index (χ1v) is 13.1. The number of aliphatic carboxylic acids is 1. The van der Waals surface area contributed by atoms with E-state index in [2.05, 4.69) is 29.0 Å². The molecular weight excluding hydrogens is 480 g/mol. The average Bonchev–Trinajstić information content (AvgIpc) is 3.02. The van der Waals surface area contributed by atoms with Gasteiger partial charge in [-0.2, -0.15) is 0 Å². The predicted molar refractivity (Wildman–Crippen MR) is 134 cm³/mol. The van der Waals surface area contributed by atoms with Crippen LogP contribution in [0.4, 0.5) is 0 Å². The van der Waals surface area contributed by atoms with Gasteiger partial charge in [0, 0.05) is 10.8 Å². The second-order valence-corrected chi connectivity index (χ2v) is 12.6. The summed E-state index contributed by atoms with van der Waals surface area (Å²) in [5, 5.41) is 12.2. The SMILES string of the molecule is CC(C)N1CN(C(C(=O)N[C@@H]2C(=O)N3C2SC(C)(C)C3C(=O)O)c2ccccc2)CSC1=S. The first kappa shape index (κ1) is 24.3. The molecule has 0 aromatic heterocycles. The lowest BCUT2D eigenvalue weighted by atomic mass is 9.95. The molecule has 0 saturated carbocycles. The Labute approximate surface area is 207 Å². The summed E-state index contributed by atoms with van der Waals surface area (Å²) in [4.78, 5) is 43.8. The fraction of sp³-hybridized carbons (Fsp3) is 0.545. The van der Waals surface area contributed by atoms with E-state index in [1.54, 1.807) is 0 Å². The number of benzene rings is 1. The number of β-lactam (4-membered cyclic amide) rings is 1. The Morgan fingerprint density at radius 1 is 1.24 bits per heavy atom. The maximum Gasteiger partial charge on any atom is 0.327 e. The summed E-state index contributed by atoms with van der Waals surface area (Å²) in [6, 6.07) is 7.44. The predicted octanol–water partition coefficient (Wildman–Crippen LogP) is 2.32. The maximum atomic E-state index is 13.6. The maximum absolute atomic E-state index is 13.6. The number of hydrogen-bond acceptors (Lipinski definition) is 7. The molecule has 0 radical (unpaired) electrons. The van der Waals surface area contributed by atoms with Crippen molar-refractivity contribution in [3.05, 3.63) is 35.9 Å². The first-order valence-electron chi connectivity index (χ1n) is 10.8. The monoisotopic (exact) mass is 508 g/mol. The van der Waals surface area contributed by atoms with E-state index in [0.29, 0.717) is 12.5 Å². The number of hydrogen-bond donors (Lipinski definition) is 2. The van der Waals surface area contributed by atoms with Crippen molar-refractivity contribution in [2.45, 2.75) is 62.0 Å². The molecule has 4 atom stereocenters. The number of nitrogens with zero attached hydrogens (tertiary/aromatic N) is 3. The molecule has 3 aliphatic heterocycles. The quantitative estimate of drug-likeness (QED) is 0.444. The van der Waals surface area contributed by atoms with Gasteiger partial charge in [0.15, 0.2) is 0 Å². The van der Waals surface area contributed by atoms with Crippen LogP contribution < -0.4 is 5.32 Å². The number of thiocarbonyl (C=S) groups is 1. The largest absolute Gasteiger partial charge is 0.480 e. The molecule has 0 bridgehead atoms. The second-order valence-electron chi connectivity index (χ2n) is 9.23. The minimum absolute atomic E-state index is 0.194. The lowest BCUT2D eigenvalue weighted by molar-refractivity contribution is -0.161. The smallest absolute Gasteiger partial charge is 0.327 e. The fourth-order valence-electron chi connectivity index (χ4n) is 4.59. The molecule has 3 saturated heterocycles. The lowest BCUT2D eigenvalue weighted by Gasteiger charge is -2.45. The first-order chi connectivity index (χ1) is 15.5. The summed E-state index contributed by atoms with van der Waals surface area (Å²) < 4.78 is 0.170. The summed E-state index contributed by atoms with van der Waals surface area (Å²) in [7, 11) is 0. The van der Waals surface area contributed by atoms with Gasteiger partial charge in [0.1, 0.15) is 27.8 Å². The molecule has 3 aliphatic rings. The van der Waals surface area contributed by atoms with E-state index in [4.69, 9.17) is 12.2 Å². The number of thioether (sulfide) groups is 2. The van der Waals surface area contributed by atoms with Gasteiger partial charge in [-0.3, -0.25) is 14.5 Å². The third-order valence-electron chi connectivity index (χ3n) is 6.25. The van der Waals surface area contributed by atoms with Gasteiger partial charge in [0.2, 0.25) is 11.8 Å². The number of amides is 2. The number of fused-ring (bicyclic) bond motifs is 1. The van der Waals surface area contributed by atoms with Crippen LogP contribution >= 0.6 is 35.7 Å². The molecule has 1 aromatic rings. The molecule has 1 aromatic carbocycles. The minimum atomic E-state index is -1.02. The second kappa shape index (κ2) is 9.09. The van der Waals surface area contributed by atoms with Crippen molar-refractivity contribution in [3.8, 4) is 0 Å². The van der Waals surface area contributed by atoms with Gasteiger partial charge in [0.05, 0.1) is 12.5 Å². The molecule has 3 unspecified atom stereocenters. The standard InChI is InChI=1S/C22H28N4O4S3/c1-12(2)25-10-24(11-32-21(25)31)15(13-8-6-5-7-9-13)17(27)23-14-18(28)26-16(20(29)30)22(3,4)33-19(14)26/h5-9,12,14-16,19H,10-11H2,1-4H3,(H,23,27)(H,29,30)/t14-,15?,16?,19?/m1/s1. The molecule has 3 fully saturated rings. The highest BCUT2D eigenvalue weighted by atomic mass is 32.2. The number of rotatable bonds is 6. The van der Waals surface area contributed by atoms with Crippen molar-refractivity contribution in [3.63, 3.8) is 0 Å². The van der Waals surface area contributed by atoms with Gasteiger partial charge in [-0.25, -0.2) is 4.79 Å². The Bertz CT molecular complexity index is 974. The number of carboxylic acids is 1. The van der Waals surface area contributed by atoms with Crippen LogP contribution in [0.5, 0.6) is 0 Å². The van der Waals surface area contributed by atoms with E-state index in [0.717, 1.165) is 9.88 Å². The van der Waals surface area contributed by atoms with Crippen molar-refractivity contribution in [1.82, 2.24) is 20.0 Å². The van der Waals surface area contributed by atoms with Crippen LogP contribution in [0.1, 0.15) is 39.3 Å². The topological polar surface area (TPSA) is 93.2 Å². The zero-order valence-corrected chi connectivity index (χ0v) is 21.4. The van der Waals surface area contributed by atoms with Crippen LogP contribution in [-0.4, -0.2) is 82.7 Å². The van der Waals surface area contributed by atoms with Crippen LogP contribution in [-0.2, 0) is 14.4 Å². The number of carboxylic acid groups (broad SMARTS) is 1. The molecule has 0 spiro atoms. The summed E-state index contributed by atoms with van der Waals surface area (Å²) in [5.74, 6) is -1.07. The van der Waals surface area contributed by atoms with E-state index in [-0.39, 0.29) is 23.2 Å². The highest BCUT2D eigenvalue weighted by Gasteiger charge is 2.64. The summed E-state index contributed by atoms with van der Waals surface area (Å²) in [6.45, 7) is 8.28. The fourth-order valence-corrected chi connectivity index (χ4v) is 7.58. The van der Waals surface area contributed by atoms with Crippen molar-refractivity contribution in [1.29, 1.82) is 0 Å². The molecule has 4 rings (SSSR count). The van der Waals surface area contributed by atoms with Crippen LogP contribution in [0, 0.1) is 0 Å². The summed E-state index contributed by atoms with van der Waals surface area (Å²) in [5.41, 5.74) is 0.832. The molecular formula is C22H28N4O4S3. The number of nitrogens with one attached hydrogen (secondary N) is 1. The van der Waals surface area contributed by atoms with Gasteiger partial charge in [0.25, 0.3) is 0 Å². The van der Waals surface area contributed by atoms with Crippen molar-refractivity contribution >= 4 is 57.8 Å². The van der Waals surface area contributed by atoms with Crippen molar-refractivity contribution in [2.24, 2.45) is 0 Å². The van der Waals surface area contributed by atoms with E-state index in [9.17, 15) is 19.5 Å². The molecule has 2 amide bonds. The molecule has 178 valence electrons. The third-order valence-corrected chi connectivity index (χ3v) is 9.35. The van der Waals surface area contributed by atoms with Gasteiger partial charge >= 0.3 is 5.97 Å². The van der Waals surface area contributed by atoms with Gasteiger partial charge in [-0.1, -0.05) is 54.3 Å². The van der Waals surface area contributed by atoms with Crippen LogP contribution in [0.2, 0.25) is 0 Å². The molecule has 8 nitrogen and oxygen atoms in total. The van der Waals surface area contributed by atoms with Crippen molar-refractivity contribution in [2.75, 3.05) is 12.5 Å². The zero-order chi connectivity index (χ0) is 24.1. The normalized spacial score (nSPS) is 27.8. The highest BCUT2D eigenvalue weighted by Crippen LogP contribution is 2.50. The molecule has 2 N–H and O–H groups in total. The lowest BCUT2D eigenvalue weighted by Crippen LogP contribution is -2.71. The van der Waals surface area contributed by atoms with Gasteiger partial charge in [-0.15, -0.1) is 11.8 Å². The Morgan fingerprint density at radius 3 is 2.52 bits per heavy atom. The Kier molecular flexibility index (Phi) is 6.69. The van der Waals surface area contributed by atoms with E-state index < -0.39 is 28.8 Å². The molecule has 33 heavy (non-hydrogen) atoms. The Morgan fingerprint density at radius 2 is 1.91 bits per heavy atom. The average molecular weight is 509 g/mol. The van der Waals surface area contributed by atoms with Crippen LogP contribution in [0.3, 0.4) is 0 Å². The summed E-state index contributed by atoms with van der Waals surface area (Å²) in [6.07, 6.45) is 0. The molecule has 3 heterocycles. The molecule has 0 aliphatic carbocycles. The summed E-state index contributed by atoms with van der Waals surface area (Å²) >= 11 is 8.45.